The van der Waals surface area contributed by atoms with Crippen LogP contribution in [0.25, 0.3) is 27.3 Å². The Morgan fingerprint density at radius 1 is 1.07 bits per heavy atom. The fourth-order valence-corrected chi connectivity index (χ4v) is 6.38. The predicted molar refractivity (Wildman–Crippen MR) is 132 cm³/mol. The topological polar surface area (TPSA) is 17.3 Å². The van der Waals surface area contributed by atoms with Crippen LogP contribution in [-0.2, 0) is 10.8 Å². The van der Waals surface area contributed by atoms with E-state index in [9.17, 15) is 0 Å². The summed E-state index contributed by atoms with van der Waals surface area (Å²) in [5.41, 5.74) is 6.14. The molecule has 1 atom stereocenters. The Morgan fingerprint density at radius 2 is 1.73 bits per heavy atom. The van der Waals surface area contributed by atoms with Crippen molar-refractivity contribution in [3.63, 3.8) is 0 Å². The van der Waals surface area contributed by atoms with Gasteiger partial charge in [0.05, 0.1) is 11.2 Å². The van der Waals surface area contributed by atoms with Crippen LogP contribution < -0.4 is 0 Å². The van der Waals surface area contributed by atoms with Crippen molar-refractivity contribution in [2.45, 2.75) is 70.1 Å². The summed E-state index contributed by atoms with van der Waals surface area (Å²) < 4.78 is 3.39. The number of halogens is 2. The van der Waals surface area contributed by atoms with Gasteiger partial charge in [0, 0.05) is 26.5 Å². The Labute approximate surface area is 191 Å². The number of hydrogen-bond donors (Lipinski definition) is 0. The van der Waals surface area contributed by atoms with Crippen molar-refractivity contribution in [1.82, 2.24) is 9.38 Å². The zero-order valence-corrected chi connectivity index (χ0v) is 20.9. The minimum Gasteiger partial charge on any atom is -0.294 e. The Morgan fingerprint density at radius 3 is 2.40 bits per heavy atom. The van der Waals surface area contributed by atoms with Gasteiger partial charge in [0.25, 0.3) is 0 Å². The first-order chi connectivity index (χ1) is 14.0. The van der Waals surface area contributed by atoms with Gasteiger partial charge >= 0.3 is 0 Å². The van der Waals surface area contributed by atoms with Crippen LogP contribution in [0.2, 0.25) is 0 Å². The number of rotatable bonds is 3. The smallest absolute Gasteiger partial charge is 0.146 e. The van der Waals surface area contributed by atoms with Crippen LogP contribution in [0.4, 0.5) is 0 Å². The van der Waals surface area contributed by atoms with Gasteiger partial charge in [-0.25, -0.2) is 4.98 Å². The third-order valence-corrected chi connectivity index (χ3v) is 8.42. The molecule has 0 radical (unpaired) electrons. The molecule has 0 N–H and O–H groups in total. The summed E-state index contributed by atoms with van der Waals surface area (Å²) in [4.78, 5) is 4.84. The summed E-state index contributed by atoms with van der Waals surface area (Å²) in [7, 11) is 0. The van der Waals surface area contributed by atoms with E-state index in [1.165, 1.54) is 38.5 Å². The summed E-state index contributed by atoms with van der Waals surface area (Å²) in [5.74, 6) is 0. The molecule has 1 aliphatic rings. The number of aryl methyl sites for hydroxylation is 1. The van der Waals surface area contributed by atoms with E-state index >= 15 is 0 Å². The van der Waals surface area contributed by atoms with Crippen LogP contribution in [0, 0.1) is 6.92 Å². The number of benzene rings is 2. The number of imidazole rings is 1. The summed E-state index contributed by atoms with van der Waals surface area (Å²) in [6.07, 6.45) is 1.93. The molecular formula is C26H28BrClN2. The van der Waals surface area contributed by atoms with E-state index in [-0.39, 0.29) is 15.7 Å². The van der Waals surface area contributed by atoms with E-state index < -0.39 is 0 Å². The number of aromatic nitrogens is 2. The van der Waals surface area contributed by atoms with Gasteiger partial charge in [0.1, 0.15) is 10.3 Å². The van der Waals surface area contributed by atoms with Crippen LogP contribution in [-0.4, -0.2) is 14.3 Å². The van der Waals surface area contributed by atoms with Crippen molar-refractivity contribution in [3.05, 3.63) is 57.8 Å². The number of pyridine rings is 1. The van der Waals surface area contributed by atoms with Crippen molar-refractivity contribution in [2.75, 3.05) is 0 Å². The number of fused-ring (bicyclic) bond motifs is 3. The molecule has 4 heteroatoms. The molecular weight excluding hydrogens is 456 g/mol. The summed E-state index contributed by atoms with van der Waals surface area (Å²) >= 11 is 10.5. The second kappa shape index (κ2) is 6.23. The maximum atomic E-state index is 6.67. The SMILES string of the molecule is Cc1ccc2c3c1c1ccccc1c1nc(Br)c(n13)C(C)(CCC(C)(C)Cl)C2(C)C. The molecule has 156 valence electrons. The van der Waals surface area contributed by atoms with Crippen LogP contribution in [0.15, 0.2) is 41.0 Å². The zero-order valence-electron chi connectivity index (χ0n) is 18.5. The maximum Gasteiger partial charge on any atom is 0.146 e. The Hall–Kier alpha value is -1.58. The lowest BCUT2D eigenvalue weighted by Crippen LogP contribution is -2.47. The molecule has 0 amide bonds. The molecule has 4 aromatic rings. The van der Waals surface area contributed by atoms with Gasteiger partial charge in [-0.2, -0.15) is 0 Å². The molecule has 0 saturated heterocycles. The number of nitrogens with zero attached hydrogens (tertiary/aromatic N) is 2. The largest absolute Gasteiger partial charge is 0.294 e. The van der Waals surface area contributed by atoms with Gasteiger partial charge in [-0.05, 0) is 66.1 Å². The lowest BCUT2D eigenvalue weighted by atomic mass is 9.57. The molecule has 0 saturated carbocycles. The van der Waals surface area contributed by atoms with Crippen molar-refractivity contribution in [2.24, 2.45) is 0 Å². The minimum absolute atomic E-state index is 0.0744. The quantitative estimate of drug-likeness (QED) is 0.213. The Balaban J connectivity index is 2.01. The van der Waals surface area contributed by atoms with Crippen molar-refractivity contribution in [3.8, 4) is 0 Å². The minimum atomic E-state index is -0.234. The highest BCUT2D eigenvalue weighted by molar-refractivity contribution is 9.10. The van der Waals surface area contributed by atoms with Crippen LogP contribution >= 0.6 is 27.5 Å². The van der Waals surface area contributed by atoms with Crippen LogP contribution in [0.1, 0.15) is 64.3 Å². The molecule has 0 fully saturated rings. The third kappa shape index (κ3) is 2.51. The molecule has 5 rings (SSSR count). The third-order valence-electron chi connectivity index (χ3n) is 7.68. The molecule has 2 aromatic heterocycles. The first kappa shape index (κ1) is 20.3. The number of alkyl halides is 1. The van der Waals surface area contributed by atoms with E-state index in [4.69, 9.17) is 16.6 Å². The van der Waals surface area contributed by atoms with E-state index in [0.29, 0.717) is 0 Å². The molecule has 0 spiro atoms. The van der Waals surface area contributed by atoms with Gasteiger partial charge in [0.15, 0.2) is 0 Å². The van der Waals surface area contributed by atoms with E-state index in [0.717, 1.165) is 23.1 Å². The number of hydrogen-bond acceptors (Lipinski definition) is 1. The zero-order chi connectivity index (χ0) is 21.6. The molecule has 0 aliphatic carbocycles. The molecule has 1 aliphatic heterocycles. The monoisotopic (exact) mass is 482 g/mol. The molecule has 0 bridgehead atoms. The fourth-order valence-electron chi connectivity index (χ4n) is 5.50. The lowest BCUT2D eigenvalue weighted by Gasteiger charge is -2.49. The average Bonchev–Trinajstić information content (AvgIpc) is 3.02. The Kier molecular flexibility index (Phi) is 4.22. The highest BCUT2D eigenvalue weighted by Gasteiger charge is 2.51. The molecule has 2 aromatic carbocycles. The summed E-state index contributed by atoms with van der Waals surface area (Å²) in [6.45, 7) is 13.6. The average molecular weight is 484 g/mol. The van der Waals surface area contributed by atoms with Gasteiger partial charge in [-0.3, -0.25) is 4.40 Å². The molecule has 1 unspecified atom stereocenters. The highest BCUT2D eigenvalue weighted by atomic mass is 79.9. The molecule has 30 heavy (non-hydrogen) atoms. The second-order valence-corrected chi connectivity index (χ2v) is 12.1. The maximum absolute atomic E-state index is 6.67. The summed E-state index contributed by atoms with van der Waals surface area (Å²) in [5, 5.41) is 3.83. The van der Waals surface area contributed by atoms with Gasteiger partial charge in [-0.15, -0.1) is 11.6 Å². The predicted octanol–water partition coefficient (Wildman–Crippen LogP) is 8.06. The Bertz CT molecular complexity index is 1340. The summed E-state index contributed by atoms with van der Waals surface area (Å²) in [6, 6.07) is 13.3. The van der Waals surface area contributed by atoms with Crippen LogP contribution in [0.5, 0.6) is 0 Å². The normalized spacial score (nSPS) is 20.7. The first-order valence-electron chi connectivity index (χ1n) is 10.7. The van der Waals surface area contributed by atoms with Gasteiger partial charge in [0.2, 0.25) is 0 Å². The standard InChI is InChI=1S/C26H28BrClN2/c1-15-11-12-18-20-19(15)16-9-7-8-10-17(16)23-29-22(27)21(30(20)23)26(6,25(18,4)5)14-13-24(2,3)28/h7-12H,13-14H2,1-6H3. The molecule has 3 heterocycles. The van der Waals surface area contributed by atoms with Gasteiger partial charge in [-0.1, -0.05) is 57.2 Å². The second-order valence-electron chi connectivity index (χ2n) is 10.3. The van der Waals surface area contributed by atoms with Crippen molar-refractivity contribution in [1.29, 1.82) is 0 Å². The van der Waals surface area contributed by atoms with Crippen molar-refractivity contribution < 1.29 is 0 Å². The van der Waals surface area contributed by atoms with E-state index in [2.05, 4.69) is 98.3 Å². The lowest BCUT2D eigenvalue weighted by molar-refractivity contribution is 0.231. The highest BCUT2D eigenvalue weighted by Crippen LogP contribution is 2.56. The molecule has 2 nitrogen and oxygen atoms in total. The fraction of sp³-hybridized carbons (Fsp3) is 0.423. The van der Waals surface area contributed by atoms with E-state index in [1.54, 1.807) is 0 Å². The first-order valence-corrected chi connectivity index (χ1v) is 11.9. The van der Waals surface area contributed by atoms with E-state index in [1.807, 2.05) is 0 Å². The van der Waals surface area contributed by atoms with Crippen LogP contribution in [0.3, 0.4) is 0 Å². The van der Waals surface area contributed by atoms with Gasteiger partial charge < -0.3 is 0 Å². The van der Waals surface area contributed by atoms with Crippen molar-refractivity contribution >= 4 is 54.9 Å².